The quantitative estimate of drug-likeness (QED) is 0.590. The fourth-order valence-electron chi connectivity index (χ4n) is 1.26. The van der Waals surface area contributed by atoms with Gasteiger partial charge in [0.25, 0.3) is 0 Å². The van der Waals surface area contributed by atoms with E-state index in [0.29, 0.717) is 5.92 Å². The zero-order chi connectivity index (χ0) is 9.56. The molecule has 12 heavy (non-hydrogen) atoms. The number of rotatable bonds is 6. The smallest absolute Gasteiger partial charge is 0.0143 e. The van der Waals surface area contributed by atoms with Crippen LogP contribution in [0.2, 0.25) is 0 Å². The van der Waals surface area contributed by atoms with Crippen LogP contribution in [0.5, 0.6) is 0 Å². The van der Waals surface area contributed by atoms with E-state index in [0.717, 1.165) is 6.54 Å². The third-order valence-corrected chi connectivity index (χ3v) is 2.52. The summed E-state index contributed by atoms with van der Waals surface area (Å²) in [6, 6.07) is 0. The summed E-state index contributed by atoms with van der Waals surface area (Å²) in [6.07, 6.45) is 3.88. The fourth-order valence-corrected chi connectivity index (χ4v) is 1.26. The van der Waals surface area contributed by atoms with Gasteiger partial charge in [-0.3, -0.25) is 0 Å². The minimum atomic E-state index is 0.648. The van der Waals surface area contributed by atoms with Crippen LogP contribution in [-0.2, 0) is 0 Å². The summed E-state index contributed by atoms with van der Waals surface area (Å²) in [5.41, 5.74) is 1.28. The van der Waals surface area contributed by atoms with E-state index in [1.807, 2.05) is 0 Å². The molecule has 0 aromatic heterocycles. The van der Waals surface area contributed by atoms with Gasteiger partial charge >= 0.3 is 0 Å². The molecule has 1 nitrogen and oxygen atoms in total. The van der Waals surface area contributed by atoms with Gasteiger partial charge in [-0.15, -0.1) is 0 Å². The van der Waals surface area contributed by atoms with Gasteiger partial charge in [-0.05, 0) is 19.3 Å². The van der Waals surface area contributed by atoms with Crippen molar-refractivity contribution in [3.05, 3.63) is 12.3 Å². The average molecular weight is 169 g/mol. The topological polar surface area (TPSA) is 3.24 Å². The summed E-state index contributed by atoms with van der Waals surface area (Å²) in [5, 5.41) is 0. The van der Waals surface area contributed by atoms with Crippen LogP contribution in [0.3, 0.4) is 0 Å². The predicted molar refractivity (Wildman–Crippen MR) is 56.1 cm³/mol. The van der Waals surface area contributed by atoms with Crippen LogP contribution in [0.15, 0.2) is 12.3 Å². The second kappa shape index (κ2) is 6.10. The van der Waals surface area contributed by atoms with Gasteiger partial charge in [0.15, 0.2) is 0 Å². The standard InChI is InChI=1S/C11H23N/c1-6-8-9-10(3)11(4)12(5)7-2/h10H,4,6-9H2,1-3,5H3. The lowest BCUT2D eigenvalue weighted by molar-refractivity contribution is 0.371. The number of nitrogens with zero attached hydrogens (tertiary/aromatic N) is 1. The Morgan fingerprint density at radius 1 is 1.42 bits per heavy atom. The average Bonchev–Trinajstić information content (AvgIpc) is 2.11. The lowest BCUT2D eigenvalue weighted by Gasteiger charge is -2.24. The van der Waals surface area contributed by atoms with E-state index in [9.17, 15) is 0 Å². The molecule has 72 valence electrons. The monoisotopic (exact) mass is 169 g/mol. The van der Waals surface area contributed by atoms with Crippen molar-refractivity contribution in [2.24, 2.45) is 5.92 Å². The van der Waals surface area contributed by atoms with E-state index in [2.05, 4.69) is 39.3 Å². The SMILES string of the molecule is C=C(C(C)CCCC)N(C)CC. The zero-order valence-corrected chi connectivity index (χ0v) is 9.06. The lowest BCUT2D eigenvalue weighted by atomic mass is 10.0. The summed E-state index contributed by atoms with van der Waals surface area (Å²) < 4.78 is 0. The zero-order valence-electron chi connectivity index (χ0n) is 9.06. The van der Waals surface area contributed by atoms with Crippen molar-refractivity contribution < 1.29 is 0 Å². The highest BCUT2D eigenvalue weighted by atomic mass is 15.1. The van der Waals surface area contributed by atoms with Crippen LogP contribution < -0.4 is 0 Å². The molecule has 0 aliphatic rings. The van der Waals surface area contributed by atoms with Gasteiger partial charge in [-0.25, -0.2) is 0 Å². The first-order chi connectivity index (χ1) is 5.63. The van der Waals surface area contributed by atoms with Crippen molar-refractivity contribution >= 4 is 0 Å². The number of hydrogen-bond donors (Lipinski definition) is 0. The highest BCUT2D eigenvalue weighted by Gasteiger charge is 2.08. The first-order valence-electron chi connectivity index (χ1n) is 5.03. The van der Waals surface area contributed by atoms with E-state index in [-0.39, 0.29) is 0 Å². The molecule has 0 amide bonds. The summed E-state index contributed by atoms with van der Waals surface area (Å²) >= 11 is 0. The Morgan fingerprint density at radius 3 is 2.42 bits per heavy atom. The summed E-state index contributed by atoms with van der Waals surface area (Å²) in [4.78, 5) is 2.24. The Morgan fingerprint density at radius 2 is 2.00 bits per heavy atom. The van der Waals surface area contributed by atoms with Crippen molar-refractivity contribution in [1.29, 1.82) is 0 Å². The maximum absolute atomic E-state index is 4.10. The molecule has 0 saturated carbocycles. The van der Waals surface area contributed by atoms with Crippen LogP contribution >= 0.6 is 0 Å². The van der Waals surface area contributed by atoms with E-state index in [4.69, 9.17) is 0 Å². The van der Waals surface area contributed by atoms with Gasteiger partial charge < -0.3 is 4.90 Å². The van der Waals surface area contributed by atoms with Crippen LogP contribution in [0.4, 0.5) is 0 Å². The summed E-state index contributed by atoms with van der Waals surface area (Å²) in [5.74, 6) is 0.648. The van der Waals surface area contributed by atoms with Crippen LogP contribution in [0.25, 0.3) is 0 Å². The van der Waals surface area contributed by atoms with Crippen molar-refractivity contribution in [1.82, 2.24) is 4.90 Å². The molecule has 1 atom stereocenters. The molecule has 1 unspecified atom stereocenters. The molecule has 0 aliphatic heterocycles. The maximum Gasteiger partial charge on any atom is 0.0143 e. The minimum absolute atomic E-state index is 0.648. The molecular formula is C11H23N. The first kappa shape index (κ1) is 11.5. The molecule has 0 saturated heterocycles. The number of allylic oxidation sites excluding steroid dienone is 1. The van der Waals surface area contributed by atoms with Crippen LogP contribution in [0.1, 0.15) is 40.0 Å². The molecule has 0 spiro atoms. The molecule has 0 aliphatic carbocycles. The van der Waals surface area contributed by atoms with E-state index < -0.39 is 0 Å². The normalized spacial score (nSPS) is 12.7. The highest BCUT2D eigenvalue weighted by molar-refractivity contribution is 4.96. The van der Waals surface area contributed by atoms with Crippen molar-refractivity contribution in [3.8, 4) is 0 Å². The Kier molecular flexibility index (Phi) is 5.87. The molecule has 0 heterocycles. The molecule has 0 N–H and O–H groups in total. The Labute approximate surface area is 77.5 Å². The van der Waals surface area contributed by atoms with Crippen LogP contribution in [-0.4, -0.2) is 18.5 Å². The molecule has 0 aromatic rings. The fraction of sp³-hybridized carbons (Fsp3) is 0.818. The molecule has 0 rings (SSSR count). The summed E-state index contributed by atoms with van der Waals surface area (Å²) in [6.45, 7) is 11.8. The molecule has 0 bridgehead atoms. The molecule has 0 radical (unpaired) electrons. The van der Waals surface area contributed by atoms with E-state index >= 15 is 0 Å². The number of unbranched alkanes of at least 4 members (excludes halogenated alkanes) is 1. The predicted octanol–water partition coefficient (Wildman–Crippen LogP) is 3.28. The largest absolute Gasteiger partial charge is 0.378 e. The van der Waals surface area contributed by atoms with Crippen molar-refractivity contribution in [2.45, 2.75) is 40.0 Å². The Bertz CT molecular complexity index is 129. The van der Waals surface area contributed by atoms with Crippen molar-refractivity contribution in [2.75, 3.05) is 13.6 Å². The lowest BCUT2D eigenvalue weighted by Crippen LogP contribution is -2.20. The maximum atomic E-state index is 4.10. The molecule has 0 fully saturated rings. The molecular weight excluding hydrogens is 146 g/mol. The van der Waals surface area contributed by atoms with Crippen LogP contribution in [0, 0.1) is 5.92 Å². The van der Waals surface area contributed by atoms with Gasteiger partial charge in [0.05, 0.1) is 0 Å². The van der Waals surface area contributed by atoms with Gasteiger partial charge in [-0.2, -0.15) is 0 Å². The molecule has 0 aromatic carbocycles. The van der Waals surface area contributed by atoms with Gasteiger partial charge in [-0.1, -0.05) is 33.3 Å². The van der Waals surface area contributed by atoms with Gasteiger partial charge in [0.1, 0.15) is 0 Å². The Balaban J connectivity index is 3.75. The third kappa shape index (κ3) is 3.80. The summed E-state index contributed by atoms with van der Waals surface area (Å²) in [7, 11) is 2.12. The van der Waals surface area contributed by atoms with E-state index in [1.54, 1.807) is 0 Å². The number of hydrogen-bond acceptors (Lipinski definition) is 1. The minimum Gasteiger partial charge on any atom is -0.378 e. The van der Waals surface area contributed by atoms with Gasteiger partial charge in [0, 0.05) is 19.3 Å². The Hall–Kier alpha value is -0.460. The molecule has 1 heteroatoms. The van der Waals surface area contributed by atoms with Crippen molar-refractivity contribution in [3.63, 3.8) is 0 Å². The van der Waals surface area contributed by atoms with E-state index in [1.165, 1.54) is 25.0 Å². The second-order valence-electron chi connectivity index (χ2n) is 3.55. The van der Waals surface area contributed by atoms with Gasteiger partial charge in [0.2, 0.25) is 0 Å². The third-order valence-electron chi connectivity index (χ3n) is 2.52. The highest BCUT2D eigenvalue weighted by Crippen LogP contribution is 2.17. The second-order valence-corrected chi connectivity index (χ2v) is 3.55. The first-order valence-corrected chi connectivity index (χ1v) is 5.03.